The molecule has 1 aliphatic rings. The second kappa shape index (κ2) is 13.7. The van der Waals surface area contributed by atoms with Gasteiger partial charge in [-0.15, -0.1) is 0 Å². The molecule has 1 atom stereocenters. The molecule has 1 aliphatic heterocycles. The molecule has 1 fully saturated rings. The van der Waals surface area contributed by atoms with E-state index < -0.39 is 27.9 Å². The number of aromatic nitrogens is 1. The molecular weight excluding hydrogens is 618 g/mol. The van der Waals surface area contributed by atoms with Crippen molar-refractivity contribution in [3.8, 4) is 11.8 Å². The molecule has 0 unspecified atom stereocenters. The van der Waals surface area contributed by atoms with Gasteiger partial charge >= 0.3 is 16.2 Å². The van der Waals surface area contributed by atoms with Crippen LogP contribution in [-0.4, -0.2) is 80.1 Å². The molecule has 0 N–H and O–H groups in total. The molecule has 5 rings (SSSR count). The third-order valence-electron chi connectivity index (χ3n) is 7.86. The van der Waals surface area contributed by atoms with Crippen molar-refractivity contribution in [3.63, 3.8) is 0 Å². The standard InChI is InChI=1S/C35H37N5O6S/c1-35(2,3)45-34(42)38(4)31(33(41)40-20-18-39(19-21-40)28-12-8-26(23-36)9-13-28)22-25-10-14-29(15-11-25)46-47(43,44)32-7-5-6-27-24-37-17-16-30(27)32/h5-17,24,31H,18-22H2,1-4H3/t31-/m0/s1. The number of carbonyl (C=O) groups excluding carboxylic acids is 2. The Morgan fingerprint density at radius 2 is 1.66 bits per heavy atom. The zero-order chi connectivity index (χ0) is 33.8. The highest BCUT2D eigenvalue weighted by Crippen LogP contribution is 2.27. The Morgan fingerprint density at radius 1 is 0.979 bits per heavy atom. The molecule has 2 amide bonds. The van der Waals surface area contributed by atoms with E-state index in [1.807, 2.05) is 12.1 Å². The lowest BCUT2D eigenvalue weighted by molar-refractivity contribution is -0.136. The quantitative estimate of drug-likeness (QED) is 0.241. The van der Waals surface area contributed by atoms with Crippen molar-refractivity contribution >= 4 is 38.6 Å². The number of nitriles is 1. The minimum absolute atomic E-state index is 0.0328. The van der Waals surface area contributed by atoms with E-state index in [1.165, 1.54) is 29.3 Å². The topological polar surface area (TPSA) is 133 Å². The Bertz CT molecular complexity index is 1890. The van der Waals surface area contributed by atoms with Crippen LogP contribution in [0.1, 0.15) is 31.9 Å². The molecule has 0 aliphatic carbocycles. The van der Waals surface area contributed by atoms with E-state index in [0.29, 0.717) is 48.1 Å². The molecule has 0 spiro atoms. The molecule has 12 heteroatoms. The van der Waals surface area contributed by atoms with E-state index in [4.69, 9.17) is 14.2 Å². The van der Waals surface area contributed by atoms with Gasteiger partial charge in [0.15, 0.2) is 0 Å². The van der Waals surface area contributed by atoms with Gasteiger partial charge in [0.1, 0.15) is 22.3 Å². The fourth-order valence-electron chi connectivity index (χ4n) is 5.38. The Balaban J connectivity index is 1.31. The van der Waals surface area contributed by atoms with E-state index in [2.05, 4.69) is 16.0 Å². The third-order valence-corrected chi connectivity index (χ3v) is 9.16. The SMILES string of the molecule is CN(C(=O)OC(C)(C)C)[C@@H](Cc1ccc(OS(=O)(=O)c2cccc3cnccc23)cc1)C(=O)N1CCN(c2ccc(C#N)cc2)CC1. The molecule has 2 heterocycles. The van der Waals surface area contributed by atoms with Crippen LogP contribution in [0.2, 0.25) is 0 Å². The molecule has 3 aromatic carbocycles. The van der Waals surface area contributed by atoms with Gasteiger partial charge in [-0.2, -0.15) is 13.7 Å². The normalized spacial score (nSPS) is 14.3. The minimum Gasteiger partial charge on any atom is -0.444 e. The summed E-state index contributed by atoms with van der Waals surface area (Å²) in [5, 5.41) is 10.3. The van der Waals surface area contributed by atoms with Crippen molar-refractivity contribution in [1.29, 1.82) is 5.26 Å². The minimum atomic E-state index is -4.15. The summed E-state index contributed by atoms with van der Waals surface area (Å²) in [6.45, 7) is 7.38. The monoisotopic (exact) mass is 655 g/mol. The molecule has 11 nitrogen and oxygen atoms in total. The fourth-order valence-corrected chi connectivity index (χ4v) is 6.54. The average molecular weight is 656 g/mol. The first-order valence-electron chi connectivity index (χ1n) is 15.2. The molecule has 47 heavy (non-hydrogen) atoms. The molecular formula is C35H37N5O6S. The van der Waals surface area contributed by atoms with Gasteiger partial charge in [0.2, 0.25) is 5.91 Å². The average Bonchev–Trinajstić information content (AvgIpc) is 3.06. The Hall–Kier alpha value is -5.15. The van der Waals surface area contributed by atoms with E-state index >= 15 is 0 Å². The van der Waals surface area contributed by atoms with Gasteiger partial charge in [0.25, 0.3) is 0 Å². The summed E-state index contributed by atoms with van der Waals surface area (Å²) in [4.78, 5) is 36.4. The molecule has 4 aromatic rings. The van der Waals surface area contributed by atoms with Gasteiger partial charge in [-0.25, -0.2) is 4.79 Å². The number of amides is 2. The number of piperazine rings is 1. The van der Waals surface area contributed by atoms with Crippen LogP contribution < -0.4 is 9.08 Å². The number of hydrogen-bond acceptors (Lipinski definition) is 9. The third kappa shape index (κ3) is 7.99. The Labute approximate surface area is 275 Å². The number of rotatable bonds is 8. The van der Waals surface area contributed by atoms with E-state index in [0.717, 1.165) is 5.69 Å². The van der Waals surface area contributed by atoms with Crippen molar-refractivity contribution in [1.82, 2.24) is 14.8 Å². The first-order valence-corrected chi connectivity index (χ1v) is 16.6. The predicted octanol–water partition coefficient (Wildman–Crippen LogP) is 5.00. The van der Waals surface area contributed by atoms with Crippen LogP contribution in [0, 0.1) is 11.3 Å². The number of ether oxygens (including phenoxy) is 1. The number of pyridine rings is 1. The van der Waals surface area contributed by atoms with E-state index in [9.17, 15) is 18.0 Å². The second-order valence-electron chi connectivity index (χ2n) is 12.3. The maximum absolute atomic E-state index is 14.0. The van der Waals surface area contributed by atoms with Crippen molar-refractivity contribution < 1.29 is 26.9 Å². The van der Waals surface area contributed by atoms with Gasteiger partial charge in [-0.3, -0.25) is 14.7 Å². The maximum Gasteiger partial charge on any atom is 0.410 e. The number of anilines is 1. The first-order chi connectivity index (χ1) is 22.3. The molecule has 1 aromatic heterocycles. The van der Waals surface area contributed by atoms with Crippen molar-refractivity contribution in [2.24, 2.45) is 0 Å². The number of benzene rings is 3. The van der Waals surface area contributed by atoms with Crippen molar-refractivity contribution in [3.05, 3.63) is 96.3 Å². The van der Waals surface area contributed by atoms with Crippen molar-refractivity contribution in [2.75, 3.05) is 38.1 Å². The highest BCUT2D eigenvalue weighted by atomic mass is 32.2. The van der Waals surface area contributed by atoms with Crippen LogP contribution >= 0.6 is 0 Å². The summed E-state index contributed by atoms with van der Waals surface area (Å²) in [5.74, 6) is -0.103. The smallest absolute Gasteiger partial charge is 0.410 e. The van der Waals surface area contributed by atoms with Gasteiger partial charge in [-0.1, -0.05) is 24.3 Å². The van der Waals surface area contributed by atoms with Crippen molar-refractivity contribution in [2.45, 2.75) is 43.7 Å². The molecule has 0 radical (unpaired) electrons. The summed E-state index contributed by atoms with van der Waals surface area (Å²) >= 11 is 0. The largest absolute Gasteiger partial charge is 0.444 e. The number of nitrogens with zero attached hydrogens (tertiary/aromatic N) is 5. The summed E-state index contributed by atoms with van der Waals surface area (Å²) < 4.78 is 37.5. The molecule has 0 bridgehead atoms. The summed E-state index contributed by atoms with van der Waals surface area (Å²) in [7, 11) is -2.60. The molecule has 244 valence electrons. The van der Waals surface area contributed by atoms with Gasteiger partial charge in [-0.05, 0) is 74.9 Å². The zero-order valence-corrected chi connectivity index (χ0v) is 27.6. The number of hydrogen-bond donors (Lipinski definition) is 0. The predicted molar refractivity (Wildman–Crippen MR) is 177 cm³/mol. The maximum atomic E-state index is 14.0. The lowest BCUT2D eigenvalue weighted by atomic mass is 10.0. The fraction of sp³-hybridized carbons (Fsp3) is 0.314. The van der Waals surface area contributed by atoms with Crippen LogP contribution in [0.4, 0.5) is 10.5 Å². The molecule has 1 saturated heterocycles. The number of carbonyl (C=O) groups is 2. The second-order valence-corrected chi connectivity index (χ2v) is 13.8. The van der Waals surface area contributed by atoms with Crippen LogP contribution in [0.25, 0.3) is 10.8 Å². The van der Waals surface area contributed by atoms with Gasteiger partial charge in [0, 0.05) is 68.5 Å². The lowest BCUT2D eigenvalue weighted by Gasteiger charge is -2.39. The Kier molecular flexibility index (Phi) is 9.67. The Morgan fingerprint density at radius 3 is 2.30 bits per heavy atom. The van der Waals surface area contributed by atoms with Crippen LogP contribution in [0.3, 0.4) is 0 Å². The number of fused-ring (bicyclic) bond motifs is 1. The molecule has 0 saturated carbocycles. The lowest BCUT2D eigenvalue weighted by Crippen LogP contribution is -2.56. The summed E-state index contributed by atoms with van der Waals surface area (Å²) in [5.41, 5.74) is 1.51. The van der Waals surface area contributed by atoms with Crippen LogP contribution in [0.15, 0.2) is 90.1 Å². The van der Waals surface area contributed by atoms with E-state index in [-0.39, 0.29) is 23.0 Å². The van der Waals surface area contributed by atoms with E-state index in [1.54, 1.807) is 81.4 Å². The highest BCUT2D eigenvalue weighted by Gasteiger charge is 2.34. The zero-order valence-electron chi connectivity index (χ0n) is 26.8. The number of likely N-dealkylation sites (N-methyl/N-ethyl adjacent to an activating group) is 1. The van der Waals surface area contributed by atoms with Crippen LogP contribution in [-0.2, 0) is 26.1 Å². The highest BCUT2D eigenvalue weighted by molar-refractivity contribution is 7.87. The first kappa shape index (κ1) is 33.2. The summed E-state index contributed by atoms with van der Waals surface area (Å²) in [6, 6.07) is 21.5. The van der Waals surface area contributed by atoms with Gasteiger partial charge < -0.3 is 18.7 Å². The van der Waals surface area contributed by atoms with Crippen LogP contribution in [0.5, 0.6) is 5.75 Å². The van der Waals surface area contributed by atoms with Gasteiger partial charge in [0.05, 0.1) is 11.6 Å². The summed E-state index contributed by atoms with van der Waals surface area (Å²) in [6.07, 6.45) is 2.67.